The Morgan fingerprint density at radius 1 is 0.857 bits per heavy atom. The van der Waals surface area contributed by atoms with Gasteiger partial charge in [0.2, 0.25) is 0 Å². The molecule has 4 rings (SSSR count). The zero-order valence-corrected chi connectivity index (χ0v) is 20.7. The molecule has 184 valence electrons. The fraction of sp³-hybridized carbons (Fsp3) is 0.296. The van der Waals surface area contributed by atoms with Crippen molar-refractivity contribution in [2.24, 2.45) is 0 Å². The van der Waals surface area contributed by atoms with Crippen LogP contribution in [0.5, 0.6) is 28.7 Å². The van der Waals surface area contributed by atoms with Crippen LogP contribution in [0.1, 0.15) is 17.2 Å². The molecule has 0 fully saturated rings. The first-order chi connectivity index (χ1) is 17.0. The van der Waals surface area contributed by atoms with Gasteiger partial charge in [0.1, 0.15) is 23.9 Å². The maximum absolute atomic E-state index is 13.3. The third kappa shape index (κ3) is 5.74. The number of methoxy groups -OCH3 is 3. The Morgan fingerprint density at radius 2 is 1.46 bits per heavy atom. The molecule has 1 heterocycles. The molecule has 1 amide bonds. The molecule has 3 aromatic carbocycles. The van der Waals surface area contributed by atoms with E-state index in [1.165, 1.54) is 0 Å². The van der Waals surface area contributed by atoms with Crippen LogP contribution in [0.3, 0.4) is 0 Å². The van der Waals surface area contributed by atoms with E-state index in [2.05, 4.69) is 0 Å². The van der Waals surface area contributed by atoms with Crippen molar-refractivity contribution in [1.82, 2.24) is 4.90 Å². The molecule has 0 spiro atoms. The second-order valence-corrected chi connectivity index (χ2v) is 8.42. The van der Waals surface area contributed by atoms with E-state index in [0.29, 0.717) is 41.0 Å². The minimum absolute atomic E-state index is 0.0940. The summed E-state index contributed by atoms with van der Waals surface area (Å²) in [7, 11) is 4.83. The van der Waals surface area contributed by atoms with E-state index in [-0.39, 0.29) is 25.2 Å². The average Bonchev–Trinajstić information content (AvgIpc) is 2.90. The van der Waals surface area contributed by atoms with Gasteiger partial charge in [0, 0.05) is 11.6 Å². The van der Waals surface area contributed by atoms with Gasteiger partial charge in [-0.25, -0.2) is 0 Å². The number of hydrogen-bond donors (Lipinski definition) is 0. The van der Waals surface area contributed by atoms with Gasteiger partial charge in [0.05, 0.1) is 27.4 Å². The zero-order chi connectivity index (χ0) is 24.8. The Bertz CT molecular complexity index is 1150. The lowest BCUT2D eigenvalue weighted by Gasteiger charge is -2.37. The van der Waals surface area contributed by atoms with Gasteiger partial charge in [-0.1, -0.05) is 11.6 Å². The van der Waals surface area contributed by atoms with E-state index in [1.807, 2.05) is 36.4 Å². The van der Waals surface area contributed by atoms with Crippen molar-refractivity contribution in [2.75, 3.05) is 41.1 Å². The number of hydrogen-bond acceptors (Lipinski definition) is 6. The highest BCUT2D eigenvalue weighted by atomic mass is 35.5. The highest BCUT2D eigenvalue weighted by molar-refractivity contribution is 6.30. The molecule has 0 bridgehead atoms. The Morgan fingerprint density at radius 3 is 2.11 bits per heavy atom. The summed E-state index contributed by atoms with van der Waals surface area (Å²) in [6, 6.07) is 17.8. The lowest BCUT2D eigenvalue weighted by Crippen LogP contribution is -2.44. The first-order valence-corrected chi connectivity index (χ1v) is 11.6. The molecule has 0 aliphatic carbocycles. The van der Waals surface area contributed by atoms with Crippen LogP contribution < -0.4 is 23.7 Å². The summed E-state index contributed by atoms with van der Waals surface area (Å²) >= 11 is 5.94. The molecule has 3 aromatic rings. The summed E-state index contributed by atoms with van der Waals surface area (Å²) < 4.78 is 28.1. The van der Waals surface area contributed by atoms with Crippen LogP contribution in [0, 0.1) is 0 Å². The van der Waals surface area contributed by atoms with Crippen LogP contribution in [0.25, 0.3) is 0 Å². The van der Waals surface area contributed by atoms with Gasteiger partial charge in [-0.15, -0.1) is 0 Å². The van der Waals surface area contributed by atoms with Gasteiger partial charge in [0.25, 0.3) is 5.91 Å². The lowest BCUT2D eigenvalue weighted by atomic mass is 9.92. The molecule has 0 radical (unpaired) electrons. The summed E-state index contributed by atoms with van der Waals surface area (Å²) in [5, 5.41) is 0.608. The van der Waals surface area contributed by atoms with Gasteiger partial charge in [-0.05, 0) is 78.2 Å². The van der Waals surface area contributed by atoms with E-state index in [0.717, 1.165) is 16.9 Å². The maximum Gasteiger partial charge on any atom is 0.261 e. The Labute approximate surface area is 210 Å². The smallest absolute Gasteiger partial charge is 0.261 e. The minimum Gasteiger partial charge on any atom is -0.497 e. The highest BCUT2D eigenvalue weighted by Crippen LogP contribution is 2.38. The minimum atomic E-state index is -0.332. The van der Waals surface area contributed by atoms with Crippen molar-refractivity contribution in [3.05, 3.63) is 76.8 Å². The van der Waals surface area contributed by atoms with Crippen molar-refractivity contribution in [3.63, 3.8) is 0 Å². The summed E-state index contributed by atoms with van der Waals surface area (Å²) in [6.45, 7) is 0.701. The number of ether oxygens (including phenoxy) is 5. The summed E-state index contributed by atoms with van der Waals surface area (Å²) in [4.78, 5) is 15.1. The molecule has 0 unspecified atom stereocenters. The topological polar surface area (TPSA) is 66.5 Å². The second kappa shape index (κ2) is 11.2. The maximum atomic E-state index is 13.3. The predicted molar refractivity (Wildman–Crippen MR) is 133 cm³/mol. The molecule has 1 atom stereocenters. The monoisotopic (exact) mass is 497 g/mol. The van der Waals surface area contributed by atoms with Gasteiger partial charge in [-0.3, -0.25) is 4.79 Å². The molecular formula is C27H28ClNO6. The Hall–Kier alpha value is -3.58. The van der Waals surface area contributed by atoms with Crippen LogP contribution in [0.4, 0.5) is 0 Å². The van der Waals surface area contributed by atoms with Crippen molar-refractivity contribution in [2.45, 2.75) is 12.5 Å². The highest BCUT2D eigenvalue weighted by Gasteiger charge is 2.33. The molecule has 0 N–H and O–H groups in total. The number of amides is 1. The van der Waals surface area contributed by atoms with E-state index >= 15 is 0 Å². The number of halogens is 1. The van der Waals surface area contributed by atoms with Crippen LogP contribution in [0.15, 0.2) is 60.7 Å². The molecule has 0 saturated heterocycles. The van der Waals surface area contributed by atoms with E-state index in [1.54, 1.807) is 50.5 Å². The van der Waals surface area contributed by atoms with Gasteiger partial charge >= 0.3 is 0 Å². The van der Waals surface area contributed by atoms with Crippen molar-refractivity contribution >= 4 is 17.5 Å². The van der Waals surface area contributed by atoms with E-state index in [4.69, 9.17) is 35.3 Å². The molecule has 1 aliphatic rings. The van der Waals surface area contributed by atoms with Crippen LogP contribution >= 0.6 is 11.6 Å². The van der Waals surface area contributed by atoms with Crippen molar-refractivity contribution in [1.29, 1.82) is 0 Å². The van der Waals surface area contributed by atoms with Gasteiger partial charge in [0.15, 0.2) is 18.1 Å². The lowest BCUT2D eigenvalue weighted by molar-refractivity contribution is -0.137. The first kappa shape index (κ1) is 24.5. The Balaban J connectivity index is 1.57. The van der Waals surface area contributed by atoms with Crippen LogP contribution in [-0.2, 0) is 11.2 Å². The fourth-order valence-corrected chi connectivity index (χ4v) is 4.24. The first-order valence-electron chi connectivity index (χ1n) is 11.2. The standard InChI is InChI=1S/C27H28ClNO6/c1-31-20-8-10-22(11-9-20)34-16-24-23-15-26(33-3)25(32-2)14-18(23)12-13-29(24)27(30)17-35-21-6-4-19(28)5-7-21/h4-11,14-15,24H,12-13,16-17H2,1-3H3/t24-/m0/s1. The molecule has 8 heteroatoms. The number of fused-ring (bicyclic) bond motifs is 1. The predicted octanol–water partition coefficient (Wildman–Crippen LogP) is 4.95. The molecule has 35 heavy (non-hydrogen) atoms. The SMILES string of the molecule is COc1ccc(OC[C@H]2c3cc(OC)c(OC)cc3CCN2C(=O)COc2ccc(Cl)cc2)cc1. The molecule has 1 aliphatic heterocycles. The molecular weight excluding hydrogens is 470 g/mol. The average molecular weight is 498 g/mol. The number of carbonyl (C=O) groups is 1. The third-order valence-electron chi connectivity index (χ3n) is 5.97. The third-order valence-corrected chi connectivity index (χ3v) is 6.22. The van der Waals surface area contributed by atoms with Gasteiger partial charge < -0.3 is 28.6 Å². The normalized spacial score (nSPS) is 14.6. The zero-order valence-electron chi connectivity index (χ0n) is 20.0. The summed E-state index contributed by atoms with van der Waals surface area (Å²) in [5.74, 6) is 3.14. The molecule has 0 aromatic heterocycles. The Kier molecular flexibility index (Phi) is 7.87. The van der Waals surface area contributed by atoms with E-state index in [9.17, 15) is 4.79 Å². The number of nitrogens with zero attached hydrogens (tertiary/aromatic N) is 1. The summed E-state index contributed by atoms with van der Waals surface area (Å²) in [5.41, 5.74) is 2.05. The fourth-order valence-electron chi connectivity index (χ4n) is 4.11. The quantitative estimate of drug-likeness (QED) is 0.417. The van der Waals surface area contributed by atoms with E-state index < -0.39 is 0 Å². The number of rotatable bonds is 9. The van der Waals surface area contributed by atoms with Crippen molar-refractivity contribution in [3.8, 4) is 28.7 Å². The largest absolute Gasteiger partial charge is 0.497 e. The van der Waals surface area contributed by atoms with Crippen LogP contribution in [-0.4, -0.2) is 51.9 Å². The number of carbonyl (C=O) groups excluding carboxylic acids is 1. The second-order valence-electron chi connectivity index (χ2n) is 7.99. The van der Waals surface area contributed by atoms with Crippen LogP contribution in [0.2, 0.25) is 5.02 Å². The number of benzene rings is 3. The van der Waals surface area contributed by atoms with Gasteiger partial charge in [-0.2, -0.15) is 0 Å². The molecule has 0 saturated carbocycles. The summed E-state index contributed by atoms with van der Waals surface area (Å²) in [6.07, 6.45) is 0.682. The van der Waals surface area contributed by atoms with Crippen molar-refractivity contribution < 1.29 is 28.5 Å². The molecule has 7 nitrogen and oxygen atoms in total.